The lowest BCUT2D eigenvalue weighted by molar-refractivity contribution is -0.140. The number of hydrogen-bond acceptors (Lipinski definition) is 2. The summed E-state index contributed by atoms with van der Waals surface area (Å²) < 4.78 is 0. The summed E-state index contributed by atoms with van der Waals surface area (Å²) in [6.45, 7) is 5.68. The van der Waals surface area contributed by atoms with Gasteiger partial charge in [0.15, 0.2) is 0 Å². The number of hydrogen-bond donors (Lipinski definition) is 1. The Hall–Kier alpha value is -0.570. The fourth-order valence-corrected chi connectivity index (χ4v) is 3.99. The molecule has 0 aromatic carbocycles. The zero-order valence-electron chi connectivity index (χ0n) is 11.8. The highest BCUT2D eigenvalue weighted by Crippen LogP contribution is 2.39. The van der Waals surface area contributed by atoms with Crippen molar-refractivity contribution in [3.8, 4) is 0 Å². The fraction of sp³-hybridized carbons (Fsp3) is 0.933. The van der Waals surface area contributed by atoms with E-state index in [9.17, 15) is 4.79 Å². The van der Waals surface area contributed by atoms with Crippen molar-refractivity contribution < 1.29 is 9.90 Å². The summed E-state index contributed by atoms with van der Waals surface area (Å²) in [4.78, 5) is 13.6. The molecule has 2 aliphatic rings. The van der Waals surface area contributed by atoms with Crippen LogP contribution in [0.5, 0.6) is 0 Å². The summed E-state index contributed by atoms with van der Waals surface area (Å²) in [5, 5.41) is 9.08. The molecule has 0 spiro atoms. The second-order valence-corrected chi connectivity index (χ2v) is 6.58. The molecule has 1 aliphatic heterocycles. The fourth-order valence-electron chi connectivity index (χ4n) is 3.99. The molecule has 104 valence electrons. The third-order valence-electron chi connectivity index (χ3n) is 5.13. The first-order chi connectivity index (χ1) is 8.51. The van der Waals surface area contributed by atoms with E-state index in [2.05, 4.69) is 18.7 Å². The number of piperidine rings is 1. The predicted octanol–water partition coefficient (Wildman–Crippen LogP) is 3.28. The van der Waals surface area contributed by atoms with E-state index in [1.165, 1.54) is 32.1 Å². The predicted molar refractivity (Wildman–Crippen MR) is 72.6 cm³/mol. The number of carboxylic acids is 1. The Labute approximate surface area is 111 Å². The Morgan fingerprint density at radius 2 is 1.83 bits per heavy atom. The lowest BCUT2D eigenvalue weighted by atomic mass is 9.75. The van der Waals surface area contributed by atoms with Gasteiger partial charge in [0, 0.05) is 18.0 Å². The number of aliphatic carboxylic acids is 1. The van der Waals surface area contributed by atoms with Crippen molar-refractivity contribution in [3.05, 3.63) is 0 Å². The normalized spacial score (nSPS) is 30.2. The van der Waals surface area contributed by atoms with Gasteiger partial charge in [0.1, 0.15) is 0 Å². The average molecular weight is 253 g/mol. The smallest absolute Gasteiger partial charge is 0.303 e. The molecule has 2 rings (SSSR count). The van der Waals surface area contributed by atoms with Gasteiger partial charge in [-0.15, -0.1) is 0 Å². The highest BCUT2D eigenvalue weighted by atomic mass is 16.4. The van der Waals surface area contributed by atoms with Crippen LogP contribution < -0.4 is 0 Å². The maximum Gasteiger partial charge on any atom is 0.303 e. The number of likely N-dealkylation sites (tertiary alicyclic amines) is 1. The van der Waals surface area contributed by atoms with Crippen LogP contribution in [0, 0.1) is 5.92 Å². The molecule has 0 radical (unpaired) electrons. The second kappa shape index (κ2) is 5.60. The zero-order valence-corrected chi connectivity index (χ0v) is 11.8. The van der Waals surface area contributed by atoms with E-state index in [0.717, 1.165) is 19.4 Å². The van der Waals surface area contributed by atoms with Crippen molar-refractivity contribution in [2.45, 2.75) is 76.8 Å². The largest absolute Gasteiger partial charge is 0.481 e. The summed E-state index contributed by atoms with van der Waals surface area (Å²) >= 11 is 0. The summed E-state index contributed by atoms with van der Waals surface area (Å²) in [7, 11) is 0. The number of nitrogens with zero attached hydrogens (tertiary/aromatic N) is 1. The van der Waals surface area contributed by atoms with Crippen LogP contribution in [0.1, 0.15) is 65.2 Å². The summed E-state index contributed by atoms with van der Waals surface area (Å²) in [6, 6.07) is 0.699. The van der Waals surface area contributed by atoms with Crippen molar-refractivity contribution in [2.24, 2.45) is 5.92 Å². The Balaban J connectivity index is 2.07. The van der Waals surface area contributed by atoms with Gasteiger partial charge in [-0.2, -0.15) is 0 Å². The van der Waals surface area contributed by atoms with Gasteiger partial charge in [-0.25, -0.2) is 0 Å². The molecule has 2 fully saturated rings. The van der Waals surface area contributed by atoms with Crippen molar-refractivity contribution in [1.82, 2.24) is 4.90 Å². The molecule has 1 aliphatic carbocycles. The van der Waals surface area contributed by atoms with E-state index in [4.69, 9.17) is 5.11 Å². The van der Waals surface area contributed by atoms with Crippen LogP contribution in [-0.2, 0) is 4.79 Å². The van der Waals surface area contributed by atoms with E-state index < -0.39 is 5.97 Å². The van der Waals surface area contributed by atoms with Crippen LogP contribution in [0.25, 0.3) is 0 Å². The quantitative estimate of drug-likeness (QED) is 0.839. The molecule has 1 unspecified atom stereocenters. The van der Waals surface area contributed by atoms with E-state index in [0.29, 0.717) is 18.4 Å². The van der Waals surface area contributed by atoms with E-state index in [-0.39, 0.29) is 5.54 Å². The Kier molecular flexibility index (Phi) is 4.31. The maximum atomic E-state index is 11.0. The van der Waals surface area contributed by atoms with Gasteiger partial charge < -0.3 is 5.11 Å². The highest BCUT2D eigenvalue weighted by molar-refractivity contribution is 5.67. The van der Waals surface area contributed by atoms with Gasteiger partial charge in [-0.1, -0.05) is 19.3 Å². The molecule has 3 nitrogen and oxygen atoms in total. The first-order valence-electron chi connectivity index (χ1n) is 7.50. The molecular formula is C15H27NO2. The van der Waals surface area contributed by atoms with Crippen molar-refractivity contribution in [1.29, 1.82) is 0 Å². The molecule has 0 aromatic rings. The molecule has 1 saturated carbocycles. The van der Waals surface area contributed by atoms with E-state index in [1.54, 1.807) is 0 Å². The van der Waals surface area contributed by atoms with Crippen molar-refractivity contribution >= 4 is 5.97 Å². The minimum absolute atomic E-state index is 0.0542. The summed E-state index contributed by atoms with van der Waals surface area (Å²) in [5.74, 6) is -0.329. The summed E-state index contributed by atoms with van der Waals surface area (Å²) in [5.41, 5.74) is 0.0542. The highest BCUT2D eigenvalue weighted by Gasteiger charge is 2.42. The van der Waals surface area contributed by atoms with Gasteiger partial charge in [-0.3, -0.25) is 9.69 Å². The number of carboxylic acid groups (broad SMARTS) is 1. The van der Waals surface area contributed by atoms with Crippen LogP contribution in [0.4, 0.5) is 0 Å². The van der Waals surface area contributed by atoms with Gasteiger partial charge in [0.2, 0.25) is 0 Å². The van der Waals surface area contributed by atoms with E-state index >= 15 is 0 Å². The third-order valence-corrected chi connectivity index (χ3v) is 5.13. The molecule has 1 N–H and O–H groups in total. The lowest BCUT2D eigenvalue weighted by Crippen LogP contribution is -2.58. The van der Waals surface area contributed by atoms with Crippen molar-refractivity contribution in [2.75, 3.05) is 6.54 Å². The molecular weight excluding hydrogens is 226 g/mol. The molecule has 0 aromatic heterocycles. The average Bonchev–Trinajstić information content (AvgIpc) is 2.32. The lowest BCUT2D eigenvalue weighted by Gasteiger charge is -2.52. The zero-order chi connectivity index (χ0) is 13.2. The second-order valence-electron chi connectivity index (χ2n) is 6.58. The number of rotatable bonds is 3. The third kappa shape index (κ3) is 2.87. The number of carbonyl (C=O) groups is 1. The minimum Gasteiger partial charge on any atom is -0.481 e. The maximum absolute atomic E-state index is 11.0. The van der Waals surface area contributed by atoms with Gasteiger partial charge in [-0.05, 0) is 52.0 Å². The molecule has 1 atom stereocenters. The van der Waals surface area contributed by atoms with Crippen LogP contribution in [0.2, 0.25) is 0 Å². The van der Waals surface area contributed by atoms with Gasteiger partial charge in [0.25, 0.3) is 0 Å². The SMILES string of the molecule is CC1(C)C(CC(=O)O)CCCN1C1CCCCC1. The van der Waals surface area contributed by atoms with Crippen LogP contribution in [0.15, 0.2) is 0 Å². The van der Waals surface area contributed by atoms with Crippen LogP contribution in [0.3, 0.4) is 0 Å². The first kappa shape index (κ1) is 13.9. The topological polar surface area (TPSA) is 40.5 Å². The van der Waals surface area contributed by atoms with Gasteiger partial charge in [0.05, 0.1) is 0 Å². The Morgan fingerprint density at radius 3 is 2.44 bits per heavy atom. The standard InChI is InChI=1S/C15H27NO2/c1-15(2)12(11-14(17)18)7-6-10-16(15)13-8-4-3-5-9-13/h12-13H,3-11H2,1-2H3,(H,17,18). The molecule has 1 saturated heterocycles. The molecule has 1 heterocycles. The van der Waals surface area contributed by atoms with E-state index in [1.807, 2.05) is 0 Å². The molecule has 18 heavy (non-hydrogen) atoms. The monoisotopic (exact) mass is 253 g/mol. The molecule has 3 heteroatoms. The molecule has 0 amide bonds. The van der Waals surface area contributed by atoms with Gasteiger partial charge >= 0.3 is 5.97 Å². The summed E-state index contributed by atoms with van der Waals surface area (Å²) in [6.07, 6.45) is 9.26. The first-order valence-corrected chi connectivity index (χ1v) is 7.50. The van der Waals surface area contributed by atoms with Crippen LogP contribution >= 0.6 is 0 Å². The van der Waals surface area contributed by atoms with Crippen molar-refractivity contribution in [3.63, 3.8) is 0 Å². The Bertz CT molecular complexity index is 295. The minimum atomic E-state index is -0.640. The Morgan fingerprint density at radius 1 is 1.17 bits per heavy atom. The molecule has 0 bridgehead atoms. The van der Waals surface area contributed by atoms with Crippen LogP contribution in [-0.4, -0.2) is 34.1 Å².